The molecule has 0 aliphatic heterocycles. The van der Waals surface area contributed by atoms with Crippen molar-refractivity contribution < 1.29 is 22.7 Å². The van der Waals surface area contributed by atoms with Crippen LogP contribution in [0.1, 0.15) is 109 Å². The monoisotopic (exact) mass is 694 g/mol. The van der Waals surface area contributed by atoms with Gasteiger partial charge < -0.3 is 15.4 Å². The van der Waals surface area contributed by atoms with E-state index in [4.69, 9.17) is 9.72 Å². The summed E-state index contributed by atoms with van der Waals surface area (Å²) in [6.45, 7) is 11.2. The number of carbonyl (C=O) groups excluding carboxylic acids is 2. The van der Waals surface area contributed by atoms with Gasteiger partial charge in [-0.15, -0.1) is 11.3 Å². The van der Waals surface area contributed by atoms with Gasteiger partial charge in [-0.3, -0.25) is 4.79 Å². The lowest BCUT2D eigenvalue weighted by Crippen LogP contribution is -2.50. The Labute approximate surface area is 289 Å². The van der Waals surface area contributed by atoms with E-state index in [-0.39, 0.29) is 40.4 Å². The summed E-state index contributed by atoms with van der Waals surface area (Å²) in [7, 11) is -3.95. The van der Waals surface area contributed by atoms with Gasteiger partial charge in [0.2, 0.25) is 15.9 Å². The fourth-order valence-electron chi connectivity index (χ4n) is 7.18. The molecule has 2 bridgehead atoms. The summed E-state index contributed by atoms with van der Waals surface area (Å²) in [6, 6.07) is 15.3. The Morgan fingerprint density at radius 2 is 1.81 bits per heavy atom. The van der Waals surface area contributed by atoms with Gasteiger partial charge in [-0.2, -0.15) is 0 Å². The minimum atomic E-state index is -3.95. The third-order valence-electron chi connectivity index (χ3n) is 9.43. The highest BCUT2D eigenvalue weighted by atomic mass is 32.2. The second kappa shape index (κ2) is 14.7. The summed E-state index contributed by atoms with van der Waals surface area (Å²) in [5.41, 5.74) is 1.37. The topological polar surface area (TPSA) is 126 Å². The smallest absolute Gasteiger partial charge is 0.407 e. The zero-order chi connectivity index (χ0) is 34.7. The van der Waals surface area contributed by atoms with Crippen LogP contribution in [0.5, 0.6) is 0 Å². The SMILES string of the molecule is CC(C)OC(=O)NC1CCC2(c3ncc(-c4ccc(NC(=O)CC[C@H](C)c5ccccc5)cc4S(=O)(=O)NC(C)(C)C)s3)CCCC1C2. The van der Waals surface area contributed by atoms with Gasteiger partial charge in [0.15, 0.2) is 0 Å². The van der Waals surface area contributed by atoms with Crippen LogP contribution >= 0.6 is 11.3 Å². The van der Waals surface area contributed by atoms with E-state index in [9.17, 15) is 18.0 Å². The lowest BCUT2D eigenvalue weighted by Gasteiger charge is -2.47. The molecular weight excluding hydrogens is 645 g/mol. The summed E-state index contributed by atoms with van der Waals surface area (Å²) >= 11 is 1.55. The Balaban J connectivity index is 1.36. The number of aromatic nitrogens is 1. The van der Waals surface area contributed by atoms with Crippen LogP contribution in [0.2, 0.25) is 0 Å². The number of anilines is 1. The lowest BCUT2D eigenvalue weighted by atomic mass is 9.60. The molecule has 2 aliphatic carbocycles. The van der Waals surface area contributed by atoms with Crippen LogP contribution < -0.4 is 15.4 Å². The van der Waals surface area contributed by atoms with E-state index < -0.39 is 15.6 Å². The number of sulfonamides is 1. The summed E-state index contributed by atoms with van der Waals surface area (Å²) in [5.74, 6) is 0.398. The minimum absolute atomic E-state index is 0.0774. The molecule has 2 saturated carbocycles. The number of alkyl carbamates (subject to hydrolysis) is 1. The van der Waals surface area contributed by atoms with E-state index in [0.717, 1.165) is 48.4 Å². The number of nitrogens with zero attached hydrogens (tertiary/aromatic N) is 1. The van der Waals surface area contributed by atoms with Crippen LogP contribution in [-0.2, 0) is 25.0 Å². The largest absolute Gasteiger partial charge is 0.447 e. The van der Waals surface area contributed by atoms with Crippen LogP contribution in [0, 0.1) is 5.92 Å². The molecule has 4 atom stereocenters. The zero-order valence-electron chi connectivity index (χ0n) is 29.0. The summed E-state index contributed by atoms with van der Waals surface area (Å²) < 4.78 is 35.8. The molecule has 3 unspecified atom stereocenters. The fourth-order valence-corrected chi connectivity index (χ4v) is 10.1. The predicted octanol–water partition coefficient (Wildman–Crippen LogP) is 8.13. The number of amides is 2. The van der Waals surface area contributed by atoms with Crippen molar-refractivity contribution in [2.75, 3.05) is 5.32 Å². The number of rotatable bonds is 11. The predicted molar refractivity (Wildman–Crippen MR) is 192 cm³/mol. The van der Waals surface area contributed by atoms with Crippen molar-refractivity contribution in [2.24, 2.45) is 5.92 Å². The lowest BCUT2D eigenvalue weighted by molar-refractivity contribution is -0.116. The highest BCUT2D eigenvalue weighted by molar-refractivity contribution is 7.89. The summed E-state index contributed by atoms with van der Waals surface area (Å²) in [4.78, 5) is 31.1. The highest BCUT2D eigenvalue weighted by Gasteiger charge is 2.47. The molecule has 1 heterocycles. The van der Waals surface area contributed by atoms with Gasteiger partial charge in [-0.25, -0.2) is 22.9 Å². The van der Waals surface area contributed by atoms with Gasteiger partial charge in [0.25, 0.3) is 0 Å². The van der Waals surface area contributed by atoms with Gasteiger partial charge in [0.05, 0.1) is 20.9 Å². The molecule has 2 amide bonds. The van der Waals surface area contributed by atoms with Crippen LogP contribution in [-0.4, -0.2) is 43.1 Å². The maximum atomic E-state index is 13.8. The second-order valence-electron chi connectivity index (χ2n) is 14.9. The van der Waals surface area contributed by atoms with Crippen LogP contribution in [0.25, 0.3) is 10.4 Å². The normalized spacial score (nSPS) is 21.8. The molecule has 260 valence electrons. The molecule has 0 radical (unpaired) electrons. The quantitative estimate of drug-likeness (QED) is 0.186. The van der Waals surface area contributed by atoms with Crippen LogP contribution in [0.4, 0.5) is 10.5 Å². The molecule has 5 rings (SSSR count). The number of thiazole rings is 1. The van der Waals surface area contributed by atoms with Crippen molar-refractivity contribution in [1.82, 2.24) is 15.0 Å². The van der Waals surface area contributed by atoms with Crippen molar-refractivity contribution in [3.05, 3.63) is 65.3 Å². The number of hydrogen-bond acceptors (Lipinski definition) is 7. The molecule has 48 heavy (non-hydrogen) atoms. The van der Waals surface area contributed by atoms with E-state index in [2.05, 4.69) is 34.4 Å². The van der Waals surface area contributed by atoms with Crippen LogP contribution in [0.3, 0.4) is 0 Å². The first-order valence-electron chi connectivity index (χ1n) is 17.1. The van der Waals surface area contributed by atoms with Crippen molar-refractivity contribution in [1.29, 1.82) is 0 Å². The first-order chi connectivity index (χ1) is 22.6. The van der Waals surface area contributed by atoms with Crippen molar-refractivity contribution >= 4 is 39.0 Å². The third-order valence-corrected chi connectivity index (χ3v) is 12.5. The Hall–Kier alpha value is -3.28. The summed E-state index contributed by atoms with van der Waals surface area (Å²) in [5, 5.41) is 7.05. The first-order valence-corrected chi connectivity index (χ1v) is 19.4. The fraction of sp³-hybridized carbons (Fsp3) is 0.541. The number of hydrogen-bond donors (Lipinski definition) is 3. The number of ether oxygens (including phenoxy) is 1. The van der Waals surface area contributed by atoms with Crippen molar-refractivity contribution in [2.45, 2.75) is 127 Å². The Bertz CT molecular complexity index is 1700. The molecule has 2 aliphatic rings. The minimum Gasteiger partial charge on any atom is -0.447 e. The van der Waals surface area contributed by atoms with Gasteiger partial charge >= 0.3 is 6.09 Å². The van der Waals surface area contributed by atoms with Gasteiger partial charge in [0, 0.05) is 40.9 Å². The zero-order valence-corrected chi connectivity index (χ0v) is 30.6. The van der Waals surface area contributed by atoms with Gasteiger partial charge in [-0.05, 0) is 103 Å². The van der Waals surface area contributed by atoms with E-state index in [1.165, 1.54) is 5.56 Å². The molecule has 0 saturated heterocycles. The maximum absolute atomic E-state index is 13.8. The number of nitrogens with one attached hydrogen (secondary N) is 3. The molecule has 2 fully saturated rings. The Morgan fingerprint density at radius 3 is 2.52 bits per heavy atom. The summed E-state index contributed by atoms with van der Waals surface area (Å²) in [6.07, 6.45) is 8.04. The molecule has 11 heteroatoms. The maximum Gasteiger partial charge on any atom is 0.407 e. The highest BCUT2D eigenvalue weighted by Crippen LogP contribution is 2.52. The van der Waals surface area contributed by atoms with E-state index in [0.29, 0.717) is 30.0 Å². The second-order valence-corrected chi connectivity index (χ2v) is 17.6. The van der Waals surface area contributed by atoms with Crippen LogP contribution in [0.15, 0.2) is 59.6 Å². The molecule has 0 spiro atoms. The Morgan fingerprint density at radius 1 is 1.06 bits per heavy atom. The molecule has 1 aromatic heterocycles. The number of carbonyl (C=O) groups is 2. The molecule has 3 N–H and O–H groups in total. The number of benzene rings is 2. The number of fused-ring (bicyclic) bond motifs is 2. The molecule has 3 aromatic rings. The molecular formula is C37H50N4O5S2. The van der Waals surface area contributed by atoms with Gasteiger partial charge in [-0.1, -0.05) is 49.7 Å². The first kappa shape index (κ1) is 36.0. The average Bonchev–Trinajstić information content (AvgIpc) is 3.52. The third kappa shape index (κ3) is 8.84. The van der Waals surface area contributed by atoms with Gasteiger partial charge in [0.1, 0.15) is 0 Å². The van der Waals surface area contributed by atoms with Crippen molar-refractivity contribution in [3.63, 3.8) is 0 Å². The van der Waals surface area contributed by atoms with E-state index >= 15 is 0 Å². The van der Waals surface area contributed by atoms with Crippen molar-refractivity contribution in [3.8, 4) is 10.4 Å². The van der Waals surface area contributed by atoms with E-state index in [1.54, 1.807) is 56.5 Å². The average molecular weight is 695 g/mol. The standard InChI is InChI=1S/C37H50N4O5S2/c1-24(2)46-35(43)40-30-18-20-37(19-10-13-27(30)22-37)34-38-23-31(47-34)29-16-15-28(21-32(29)48(44,45)41-36(4,5)6)39-33(42)17-14-25(3)26-11-8-7-9-12-26/h7-9,11-12,15-16,21,23-25,27,30,41H,10,13-14,17-20,22H2,1-6H3,(H,39,42)(H,40,43)/t25-,27?,30?,37?/m0/s1. The molecule has 2 aromatic carbocycles. The Kier molecular flexibility index (Phi) is 11.0. The molecule has 9 nitrogen and oxygen atoms in total. The van der Waals surface area contributed by atoms with E-state index in [1.807, 2.05) is 32.0 Å².